The molecule has 0 aliphatic carbocycles. The highest BCUT2D eigenvalue weighted by atomic mass is 79.9. The van der Waals surface area contributed by atoms with Crippen LogP contribution in [0.25, 0.3) is 0 Å². The predicted molar refractivity (Wildman–Crippen MR) is 67.2 cm³/mol. The SMILES string of the molecule is Cc1ccc(C(O)c2cc(F)c(Br)cc2F)s1. The van der Waals surface area contributed by atoms with Crippen LogP contribution in [0.5, 0.6) is 0 Å². The van der Waals surface area contributed by atoms with E-state index in [1.807, 2.05) is 13.0 Å². The van der Waals surface area contributed by atoms with Gasteiger partial charge in [0.1, 0.15) is 17.7 Å². The van der Waals surface area contributed by atoms with E-state index in [1.54, 1.807) is 6.07 Å². The highest BCUT2D eigenvalue weighted by Gasteiger charge is 2.18. The monoisotopic (exact) mass is 318 g/mol. The lowest BCUT2D eigenvalue weighted by Gasteiger charge is -2.10. The van der Waals surface area contributed by atoms with Gasteiger partial charge < -0.3 is 5.11 Å². The minimum Gasteiger partial charge on any atom is -0.383 e. The molecule has 17 heavy (non-hydrogen) atoms. The largest absolute Gasteiger partial charge is 0.383 e. The van der Waals surface area contributed by atoms with Crippen molar-refractivity contribution in [2.45, 2.75) is 13.0 Å². The van der Waals surface area contributed by atoms with E-state index in [2.05, 4.69) is 15.9 Å². The van der Waals surface area contributed by atoms with E-state index in [0.717, 1.165) is 17.0 Å². The van der Waals surface area contributed by atoms with Crippen molar-refractivity contribution in [1.29, 1.82) is 0 Å². The molecule has 1 aromatic heterocycles. The highest BCUT2D eigenvalue weighted by Crippen LogP contribution is 2.31. The second kappa shape index (κ2) is 4.84. The molecule has 0 saturated carbocycles. The van der Waals surface area contributed by atoms with Gasteiger partial charge in [0.25, 0.3) is 0 Å². The molecule has 5 heteroatoms. The van der Waals surface area contributed by atoms with Crippen molar-refractivity contribution in [3.05, 3.63) is 55.7 Å². The number of hydrogen-bond donors (Lipinski definition) is 1. The summed E-state index contributed by atoms with van der Waals surface area (Å²) in [7, 11) is 0. The van der Waals surface area contributed by atoms with Crippen molar-refractivity contribution in [2.75, 3.05) is 0 Å². The van der Waals surface area contributed by atoms with E-state index < -0.39 is 17.7 Å². The lowest BCUT2D eigenvalue weighted by molar-refractivity contribution is 0.218. The normalized spacial score (nSPS) is 12.8. The van der Waals surface area contributed by atoms with E-state index in [1.165, 1.54) is 11.3 Å². The van der Waals surface area contributed by atoms with Crippen LogP contribution in [-0.4, -0.2) is 5.11 Å². The van der Waals surface area contributed by atoms with Crippen molar-refractivity contribution in [1.82, 2.24) is 0 Å². The number of aryl methyl sites for hydroxylation is 1. The summed E-state index contributed by atoms with van der Waals surface area (Å²) >= 11 is 4.25. The number of aliphatic hydroxyl groups excluding tert-OH is 1. The zero-order valence-corrected chi connectivity index (χ0v) is 11.3. The van der Waals surface area contributed by atoms with Gasteiger partial charge in [-0.15, -0.1) is 11.3 Å². The maximum absolute atomic E-state index is 13.6. The summed E-state index contributed by atoms with van der Waals surface area (Å²) in [5, 5.41) is 9.99. The Morgan fingerprint density at radius 3 is 2.53 bits per heavy atom. The fourth-order valence-corrected chi connectivity index (χ4v) is 2.70. The lowest BCUT2D eigenvalue weighted by Crippen LogP contribution is -2.01. The molecule has 90 valence electrons. The molecule has 0 bridgehead atoms. The van der Waals surface area contributed by atoms with E-state index in [-0.39, 0.29) is 10.0 Å². The first-order valence-electron chi connectivity index (χ1n) is 4.88. The predicted octanol–water partition coefficient (Wildman–Crippen LogP) is 4.18. The number of rotatable bonds is 2. The molecule has 1 N–H and O–H groups in total. The summed E-state index contributed by atoms with van der Waals surface area (Å²) < 4.78 is 27.0. The molecular weight excluding hydrogens is 310 g/mol. The Balaban J connectivity index is 2.43. The molecule has 1 aromatic carbocycles. The molecular formula is C12H9BrF2OS. The first-order chi connectivity index (χ1) is 7.99. The molecule has 1 heterocycles. The first-order valence-corrected chi connectivity index (χ1v) is 6.49. The molecule has 0 saturated heterocycles. The Hall–Kier alpha value is -0.780. The van der Waals surface area contributed by atoms with Gasteiger partial charge in [-0.2, -0.15) is 0 Å². The summed E-state index contributed by atoms with van der Waals surface area (Å²) in [6.07, 6.45) is -1.13. The first kappa shape index (κ1) is 12.7. The zero-order valence-electron chi connectivity index (χ0n) is 8.88. The maximum Gasteiger partial charge on any atom is 0.137 e. The Morgan fingerprint density at radius 1 is 1.24 bits per heavy atom. The third kappa shape index (κ3) is 2.56. The average Bonchev–Trinajstić information content (AvgIpc) is 2.69. The Labute approximate surface area is 110 Å². The fraction of sp³-hybridized carbons (Fsp3) is 0.167. The lowest BCUT2D eigenvalue weighted by atomic mass is 10.1. The average molecular weight is 319 g/mol. The van der Waals surface area contributed by atoms with Crippen LogP contribution < -0.4 is 0 Å². The van der Waals surface area contributed by atoms with E-state index in [0.29, 0.717) is 4.88 Å². The van der Waals surface area contributed by atoms with Crippen LogP contribution in [0.15, 0.2) is 28.7 Å². The van der Waals surface area contributed by atoms with Crippen LogP contribution in [-0.2, 0) is 0 Å². The molecule has 0 amide bonds. The van der Waals surface area contributed by atoms with Crippen molar-refractivity contribution >= 4 is 27.3 Å². The quantitative estimate of drug-likeness (QED) is 0.824. The maximum atomic E-state index is 13.6. The summed E-state index contributed by atoms with van der Waals surface area (Å²) in [5.74, 6) is -1.22. The highest BCUT2D eigenvalue weighted by molar-refractivity contribution is 9.10. The number of hydrogen-bond acceptors (Lipinski definition) is 2. The van der Waals surface area contributed by atoms with Crippen molar-refractivity contribution in [3.8, 4) is 0 Å². The van der Waals surface area contributed by atoms with E-state index in [9.17, 15) is 13.9 Å². The molecule has 0 radical (unpaired) electrons. The standard InChI is InChI=1S/C12H9BrF2OS/c1-6-2-3-11(17-6)12(16)7-4-10(15)8(13)5-9(7)14/h2-5,12,16H,1H3. The topological polar surface area (TPSA) is 20.2 Å². The van der Waals surface area contributed by atoms with Crippen LogP contribution in [0.2, 0.25) is 0 Å². The number of benzene rings is 1. The van der Waals surface area contributed by atoms with Crippen LogP contribution in [0, 0.1) is 18.6 Å². The van der Waals surface area contributed by atoms with Crippen LogP contribution in [0.1, 0.15) is 21.4 Å². The smallest absolute Gasteiger partial charge is 0.137 e. The Bertz CT molecular complexity index is 553. The third-order valence-electron chi connectivity index (χ3n) is 2.36. The van der Waals surface area contributed by atoms with Gasteiger partial charge in [-0.1, -0.05) is 0 Å². The van der Waals surface area contributed by atoms with Crippen LogP contribution >= 0.6 is 27.3 Å². The molecule has 0 spiro atoms. The molecule has 0 aliphatic heterocycles. The van der Waals surface area contributed by atoms with Gasteiger partial charge in [-0.05, 0) is 47.1 Å². The van der Waals surface area contributed by atoms with Crippen LogP contribution in [0.3, 0.4) is 0 Å². The zero-order chi connectivity index (χ0) is 12.6. The van der Waals surface area contributed by atoms with Gasteiger partial charge in [0.15, 0.2) is 0 Å². The summed E-state index contributed by atoms with van der Waals surface area (Å²) in [4.78, 5) is 1.61. The number of halogens is 3. The van der Waals surface area contributed by atoms with Crippen molar-refractivity contribution < 1.29 is 13.9 Å². The second-order valence-corrected chi connectivity index (χ2v) is 5.81. The molecule has 1 unspecified atom stereocenters. The van der Waals surface area contributed by atoms with Gasteiger partial charge in [0.2, 0.25) is 0 Å². The summed E-state index contributed by atoms with van der Waals surface area (Å²) in [6.45, 7) is 1.89. The van der Waals surface area contributed by atoms with Gasteiger partial charge in [-0.3, -0.25) is 0 Å². The Kier molecular flexibility index (Phi) is 3.61. The summed E-state index contributed by atoms with van der Waals surface area (Å²) in [5.41, 5.74) is -0.0486. The molecule has 1 nitrogen and oxygen atoms in total. The van der Waals surface area contributed by atoms with E-state index in [4.69, 9.17) is 0 Å². The molecule has 0 fully saturated rings. The Morgan fingerprint density at radius 2 is 1.94 bits per heavy atom. The van der Waals surface area contributed by atoms with Gasteiger partial charge in [-0.25, -0.2) is 8.78 Å². The van der Waals surface area contributed by atoms with Crippen LogP contribution in [0.4, 0.5) is 8.78 Å². The van der Waals surface area contributed by atoms with Crippen molar-refractivity contribution in [2.24, 2.45) is 0 Å². The van der Waals surface area contributed by atoms with Crippen molar-refractivity contribution in [3.63, 3.8) is 0 Å². The third-order valence-corrected chi connectivity index (χ3v) is 4.03. The number of aliphatic hydroxyl groups is 1. The minimum absolute atomic E-state index is 0.0486. The fourth-order valence-electron chi connectivity index (χ4n) is 1.50. The van der Waals surface area contributed by atoms with Gasteiger partial charge in [0.05, 0.1) is 4.47 Å². The van der Waals surface area contributed by atoms with E-state index >= 15 is 0 Å². The minimum atomic E-state index is -1.13. The number of thiophene rings is 1. The molecule has 1 atom stereocenters. The van der Waals surface area contributed by atoms with Gasteiger partial charge in [0, 0.05) is 15.3 Å². The molecule has 2 aromatic rings. The molecule has 0 aliphatic rings. The molecule has 2 rings (SSSR count). The summed E-state index contributed by atoms with van der Waals surface area (Å²) in [6, 6.07) is 5.58. The second-order valence-electron chi connectivity index (χ2n) is 3.64. The van der Waals surface area contributed by atoms with Gasteiger partial charge >= 0.3 is 0 Å².